The first-order valence-electron chi connectivity index (χ1n) is 10.2. The predicted octanol–water partition coefficient (Wildman–Crippen LogP) is 1.14. The number of ether oxygens (including phenoxy) is 1. The average molecular weight is 352 g/mol. The molecule has 2 N–H and O–H groups in total. The summed E-state index contributed by atoms with van der Waals surface area (Å²) in [6.45, 7) is 14.6. The summed E-state index contributed by atoms with van der Waals surface area (Å²) in [5.41, 5.74) is 0.243. The van der Waals surface area contributed by atoms with Crippen molar-refractivity contribution in [3.8, 4) is 0 Å². The van der Waals surface area contributed by atoms with Gasteiger partial charge in [0.05, 0.1) is 6.10 Å². The van der Waals surface area contributed by atoms with Crippen molar-refractivity contribution < 1.29 is 4.74 Å². The van der Waals surface area contributed by atoms with Crippen molar-refractivity contribution in [3.63, 3.8) is 0 Å². The van der Waals surface area contributed by atoms with Crippen LogP contribution in [0.25, 0.3) is 0 Å². The van der Waals surface area contributed by atoms with Gasteiger partial charge in [0.25, 0.3) is 0 Å². The van der Waals surface area contributed by atoms with Crippen molar-refractivity contribution in [2.75, 3.05) is 52.9 Å². The molecule has 6 heteroatoms. The van der Waals surface area contributed by atoms with Crippen LogP contribution in [0.4, 0.5) is 0 Å². The van der Waals surface area contributed by atoms with Gasteiger partial charge in [0, 0.05) is 70.4 Å². The first-order chi connectivity index (χ1) is 12.2. The van der Waals surface area contributed by atoms with Crippen molar-refractivity contribution in [1.82, 2.24) is 20.4 Å². The van der Waals surface area contributed by atoms with E-state index in [1.165, 1.54) is 32.7 Å². The van der Waals surface area contributed by atoms with Gasteiger partial charge < -0.3 is 15.4 Å². The van der Waals surface area contributed by atoms with Crippen molar-refractivity contribution in [2.45, 2.75) is 58.2 Å². The predicted molar refractivity (Wildman–Crippen MR) is 103 cm³/mol. The summed E-state index contributed by atoms with van der Waals surface area (Å²) in [5, 5.41) is 7.28. The van der Waals surface area contributed by atoms with Crippen LogP contribution in [0.3, 0.4) is 0 Å². The van der Waals surface area contributed by atoms with E-state index >= 15 is 0 Å². The van der Waals surface area contributed by atoms with Gasteiger partial charge in [-0.1, -0.05) is 13.8 Å². The molecule has 4 rings (SSSR count). The van der Waals surface area contributed by atoms with Gasteiger partial charge in [-0.3, -0.25) is 14.8 Å². The van der Waals surface area contributed by atoms with Crippen LogP contribution in [0.2, 0.25) is 0 Å². The molecule has 3 atom stereocenters. The van der Waals surface area contributed by atoms with Gasteiger partial charge in [0.1, 0.15) is 0 Å². The molecule has 3 unspecified atom stereocenters. The number of nitrogens with one attached hydrogen (secondary N) is 2. The van der Waals surface area contributed by atoms with E-state index in [1.54, 1.807) is 0 Å². The number of hydrogen-bond donors (Lipinski definition) is 2. The maximum atomic E-state index is 6.00. The number of aliphatic imine (C=N–C) groups is 1. The molecule has 1 aliphatic carbocycles. The van der Waals surface area contributed by atoms with Crippen LogP contribution >= 0.6 is 0 Å². The normalized spacial score (nSPS) is 36.8. The SMILES string of the molecule is CCOC1CC(NC(=NC)NCC2CN3CCN2CC3)C1(CC)CC. The van der Waals surface area contributed by atoms with Gasteiger partial charge in [0.15, 0.2) is 5.96 Å². The van der Waals surface area contributed by atoms with Crippen molar-refractivity contribution in [3.05, 3.63) is 0 Å². The van der Waals surface area contributed by atoms with Gasteiger partial charge in [0.2, 0.25) is 0 Å². The number of hydrogen-bond acceptors (Lipinski definition) is 4. The summed E-state index contributed by atoms with van der Waals surface area (Å²) in [6, 6.07) is 1.07. The van der Waals surface area contributed by atoms with Crippen LogP contribution < -0.4 is 10.6 Å². The topological polar surface area (TPSA) is 52.1 Å². The number of nitrogens with zero attached hydrogens (tertiary/aromatic N) is 3. The summed E-state index contributed by atoms with van der Waals surface area (Å²) in [6.07, 6.45) is 3.76. The second-order valence-electron chi connectivity index (χ2n) is 7.76. The molecule has 3 saturated heterocycles. The van der Waals surface area contributed by atoms with Gasteiger partial charge in [-0.2, -0.15) is 0 Å². The van der Waals surface area contributed by atoms with Crippen molar-refractivity contribution in [1.29, 1.82) is 0 Å². The van der Waals surface area contributed by atoms with Crippen LogP contribution in [0.5, 0.6) is 0 Å². The number of guanidine groups is 1. The Labute approximate surface area is 153 Å². The van der Waals surface area contributed by atoms with Crippen LogP contribution in [0, 0.1) is 5.41 Å². The summed E-state index contributed by atoms with van der Waals surface area (Å²) in [5.74, 6) is 0.948. The van der Waals surface area contributed by atoms with E-state index in [9.17, 15) is 0 Å². The molecule has 0 amide bonds. The van der Waals surface area contributed by atoms with E-state index in [4.69, 9.17) is 4.74 Å². The standard InChI is InChI=1S/C19H37N5O/c1-5-19(6-2)16(12-17(19)25-7-3)22-18(20-4)21-13-15-14-23-8-10-24(15)11-9-23/h15-17H,5-14H2,1-4H3,(H2,20,21,22). The molecule has 0 radical (unpaired) electrons. The Morgan fingerprint density at radius 3 is 2.40 bits per heavy atom. The molecular weight excluding hydrogens is 314 g/mol. The van der Waals surface area contributed by atoms with Gasteiger partial charge in [-0.25, -0.2) is 0 Å². The van der Waals surface area contributed by atoms with E-state index < -0.39 is 0 Å². The van der Waals surface area contributed by atoms with E-state index in [0.717, 1.165) is 38.4 Å². The molecule has 0 aromatic heterocycles. The number of fused-ring (bicyclic) bond motifs is 3. The molecule has 3 heterocycles. The third-order valence-electron chi connectivity index (χ3n) is 6.90. The smallest absolute Gasteiger partial charge is 0.191 e. The molecule has 6 nitrogen and oxygen atoms in total. The quantitative estimate of drug-likeness (QED) is 0.532. The van der Waals surface area contributed by atoms with Gasteiger partial charge >= 0.3 is 0 Å². The molecule has 0 aromatic rings. The molecule has 4 aliphatic rings. The molecule has 0 spiro atoms. The fourth-order valence-corrected chi connectivity index (χ4v) is 5.08. The largest absolute Gasteiger partial charge is 0.378 e. The minimum Gasteiger partial charge on any atom is -0.378 e. The van der Waals surface area contributed by atoms with Gasteiger partial charge in [-0.15, -0.1) is 0 Å². The Hall–Kier alpha value is -0.850. The monoisotopic (exact) mass is 351 g/mol. The lowest BCUT2D eigenvalue weighted by Gasteiger charge is -2.55. The highest BCUT2D eigenvalue weighted by atomic mass is 16.5. The van der Waals surface area contributed by atoms with Crippen LogP contribution in [0.1, 0.15) is 40.0 Å². The van der Waals surface area contributed by atoms with E-state index in [1.807, 2.05) is 7.05 Å². The summed E-state index contributed by atoms with van der Waals surface area (Å²) >= 11 is 0. The number of piperazine rings is 3. The zero-order valence-corrected chi connectivity index (χ0v) is 16.6. The maximum absolute atomic E-state index is 6.00. The molecule has 25 heavy (non-hydrogen) atoms. The molecular formula is C19H37N5O. The van der Waals surface area contributed by atoms with E-state index in [0.29, 0.717) is 18.2 Å². The first-order valence-corrected chi connectivity index (χ1v) is 10.2. The Morgan fingerprint density at radius 1 is 1.16 bits per heavy atom. The summed E-state index contributed by atoms with van der Waals surface area (Å²) in [7, 11) is 1.88. The Morgan fingerprint density at radius 2 is 1.88 bits per heavy atom. The van der Waals surface area contributed by atoms with Gasteiger partial charge in [-0.05, 0) is 26.2 Å². The van der Waals surface area contributed by atoms with Crippen LogP contribution in [-0.2, 0) is 4.74 Å². The van der Waals surface area contributed by atoms with E-state index in [-0.39, 0.29) is 5.41 Å². The molecule has 2 bridgehead atoms. The maximum Gasteiger partial charge on any atom is 0.191 e. The third-order valence-corrected chi connectivity index (χ3v) is 6.90. The lowest BCUT2D eigenvalue weighted by molar-refractivity contribution is -0.133. The molecule has 4 fully saturated rings. The fraction of sp³-hybridized carbons (Fsp3) is 0.947. The summed E-state index contributed by atoms with van der Waals surface area (Å²) in [4.78, 5) is 9.69. The van der Waals surface area contributed by atoms with Crippen LogP contribution in [0.15, 0.2) is 4.99 Å². The minimum atomic E-state index is 0.243. The zero-order chi connectivity index (χ0) is 17.9. The van der Waals surface area contributed by atoms with Crippen molar-refractivity contribution in [2.24, 2.45) is 10.4 Å². The fourth-order valence-electron chi connectivity index (χ4n) is 5.08. The second-order valence-corrected chi connectivity index (χ2v) is 7.76. The minimum absolute atomic E-state index is 0.243. The highest BCUT2D eigenvalue weighted by Crippen LogP contribution is 2.48. The molecule has 3 aliphatic heterocycles. The van der Waals surface area contributed by atoms with E-state index in [2.05, 4.69) is 46.2 Å². The summed E-state index contributed by atoms with van der Waals surface area (Å²) < 4.78 is 6.00. The Balaban J connectivity index is 1.52. The van der Waals surface area contributed by atoms with Crippen molar-refractivity contribution >= 4 is 5.96 Å². The lowest BCUT2D eigenvalue weighted by Crippen LogP contribution is -2.67. The second kappa shape index (κ2) is 8.23. The van der Waals surface area contributed by atoms with Crippen LogP contribution in [-0.4, -0.2) is 86.9 Å². The Bertz CT molecular complexity index is 457. The molecule has 0 aromatic carbocycles. The molecule has 144 valence electrons. The average Bonchev–Trinajstić information content (AvgIpc) is 2.65. The number of rotatable bonds is 7. The lowest BCUT2D eigenvalue weighted by atomic mass is 9.58. The zero-order valence-electron chi connectivity index (χ0n) is 16.6. The highest BCUT2D eigenvalue weighted by Gasteiger charge is 2.53. The third kappa shape index (κ3) is 3.67. The first kappa shape index (κ1) is 18.9. The Kier molecular flexibility index (Phi) is 6.23. The highest BCUT2D eigenvalue weighted by molar-refractivity contribution is 5.80. The molecule has 1 saturated carbocycles.